The van der Waals surface area contributed by atoms with Crippen molar-refractivity contribution in [2.75, 3.05) is 11.9 Å². The molecule has 0 spiro atoms. The lowest BCUT2D eigenvalue weighted by molar-refractivity contribution is 0.340. The number of anilines is 2. The lowest BCUT2D eigenvalue weighted by atomic mass is 10.3. The second-order valence-corrected chi connectivity index (χ2v) is 4.38. The summed E-state index contributed by atoms with van der Waals surface area (Å²) in [5.41, 5.74) is 0.995. The second kappa shape index (κ2) is 6.83. The highest BCUT2D eigenvalue weighted by Crippen LogP contribution is 2.20. The van der Waals surface area contributed by atoms with Gasteiger partial charge in [-0.1, -0.05) is 19.4 Å². The molecule has 1 heterocycles. The van der Waals surface area contributed by atoms with Crippen molar-refractivity contribution in [3.05, 3.63) is 36.7 Å². The van der Waals surface area contributed by atoms with Crippen molar-refractivity contribution >= 4 is 11.6 Å². The van der Waals surface area contributed by atoms with Crippen LogP contribution < -0.4 is 10.1 Å². The lowest BCUT2D eigenvalue weighted by Gasteiger charge is -2.10. The molecule has 0 aliphatic rings. The van der Waals surface area contributed by atoms with Gasteiger partial charge in [-0.25, -0.2) is 4.98 Å². The molecule has 0 saturated carbocycles. The maximum absolute atomic E-state index is 5.49. The Morgan fingerprint density at radius 2 is 2.21 bits per heavy atom. The van der Waals surface area contributed by atoms with E-state index in [4.69, 9.17) is 4.74 Å². The molecule has 0 bridgehead atoms. The Kier molecular flexibility index (Phi) is 4.84. The molecule has 0 atom stereocenters. The summed E-state index contributed by atoms with van der Waals surface area (Å²) in [6, 6.07) is 7.94. The molecule has 2 rings (SSSR count). The van der Waals surface area contributed by atoms with E-state index in [1.807, 2.05) is 43.6 Å². The molecule has 4 heteroatoms. The zero-order valence-electron chi connectivity index (χ0n) is 11.6. The van der Waals surface area contributed by atoms with Crippen LogP contribution >= 0.6 is 0 Å². The standard InChI is InChI=1S/C15H21N3O/c1-3-5-10-18-11-9-16-15(18)17-13-7-6-8-14(12-13)19-4-2/h6-9,11-12H,3-5,10H2,1-2H3,(H,16,17). The van der Waals surface area contributed by atoms with Gasteiger partial charge in [0.25, 0.3) is 0 Å². The third-order valence-corrected chi connectivity index (χ3v) is 2.87. The van der Waals surface area contributed by atoms with E-state index in [0.717, 1.165) is 30.4 Å². The zero-order chi connectivity index (χ0) is 13.5. The van der Waals surface area contributed by atoms with E-state index in [0.29, 0.717) is 6.61 Å². The van der Waals surface area contributed by atoms with Crippen LogP contribution in [0.4, 0.5) is 11.6 Å². The normalized spacial score (nSPS) is 10.4. The molecule has 4 nitrogen and oxygen atoms in total. The molecule has 0 aliphatic carbocycles. The number of aromatic nitrogens is 2. The van der Waals surface area contributed by atoms with E-state index in [-0.39, 0.29) is 0 Å². The van der Waals surface area contributed by atoms with Crippen LogP contribution in [0.1, 0.15) is 26.7 Å². The van der Waals surface area contributed by atoms with Crippen molar-refractivity contribution in [1.29, 1.82) is 0 Å². The average molecular weight is 259 g/mol. The Morgan fingerprint density at radius 1 is 1.32 bits per heavy atom. The number of hydrogen-bond acceptors (Lipinski definition) is 3. The molecular formula is C15H21N3O. The summed E-state index contributed by atoms with van der Waals surface area (Å²) < 4.78 is 7.63. The summed E-state index contributed by atoms with van der Waals surface area (Å²) in [5.74, 6) is 1.75. The first kappa shape index (κ1) is 13.5. The first-order valence-electron chi connectivity index (χ1n) is 6.84. The number of hydrogen-bond donors (Lipinski definition) is 1. The van der Waals surface area contributed by atoms with E-state index in [1.165, 1.54) is 6.42 Å². The third-order valence-electron chi connectivity index (χ3n) is 2.87. The van der Waals surface area contributed by atoms with Gasteiger partial charge >= 0.3 is 0 Å². The average Bonchev–Trinajstić information content (AvgIpc) is 2.84. The van der Waals surface area contributed by atoms with E-state index in [1.54, 1.807) is 0 Å². The van der Waals surface area contributed by atoms with Gasteiger partial charge in [0.1, 0.15) is 5.75 Å². The Labute approximate surface area is 114 Å². The number of aryl methyl sites for hydroxylation is 1. The zero-order valence-corrected chi connectivity index (χ0v) is 11.6. The van der Waals surface area contributed by atoms with Gasteiger partial charge in [-0.05, 0) is 25.5 Å². The third kappa shape index (κ3) is 3.74. The number of benzene rings is 1. The van der Waals surface area contributed by atoms with Gasteiger partial charge in [-0.15, -0.1) is 0 Å². The van der Waals surface area contributed by atoms with Crippen LogP contribution in [0.3, 0.4) is 0 Å². The van der Waals surface area contributed by atoms with Crippen LogP contribution in [0.25, 0.3) is 0 Å². The van der Waals surface area contributed by atoms with Crippen molar-refractivity contribution < 1.29 is 4.74 Å². The molecule has 0 saturated heterocycles. The van der Waals surface area contributed by atoms with Gasteiger partial charge in [0.05, 0.1) is 6.61 Å². The highest BCUT2D eigenvalue weighted by atomic mass is 16.5. The maximum atomic E-state index is 5.49. The topological polar surface area (TPSA) is 39.1 Å². The summed E-state index contributed by atoms with van der Waals surface area (Å²) in [6.45, 7) is 5.84. The first-order chi connectivity index (χ1) is 9.33. The van der Waals surface area contributed by atoms with E-state index in [9.17, 15) is 0 Å². The Morgan fingerprint density at radius 3 is 3.00 bits per heavy atom. The second-order valence-electron chi connectivity index (χ2n) is 4.38. The molecule has 1 aromatic carbocycles. The summed E-state index contributed by atoms with van der Waals surface area (Å²) >= 11 is 0. The van der Waals surface area contributed by atoms with Gasteiger partial charge in [0.15, 0.2) is 0 Å². The fourth-order valence-electron chi connectivity index (χ4n) is 1.90. The van der Waals surface area contributed by atoms with Crippen LogP contribution in [0.2, 0.25) is 0 Å². The van der Waals surface area contributed by atoms with Gasteiger partial charge in [0, 0.05) is 30.7 Å². The molecule has 102 valence electrons. The molecule has 0 aliphatic heterocycles. The summed E-state index contributed by atoms with van der Waals surface area (Å²) in [4.78, 5) is 4.35. The number of imidazole rings is 1. The largest absolute Gasteiger partial charge is 0.494 e. The Bertz CT molecular complexity index is 508. The van der Waals surface area contributed by atoms with Crippen molar-refractivity contribution in [1.82, 2.24) is 9.55 Å². The number of ether oxygens (including phenoxy) is 1. The van der Waals surface area contributed by atoms with Crippen LogP contribution in [0.5, 0.6) is 5.75 Å². The number of rotatable bonds is 7. The number of nitrogens with zero attached hydrogens (tertiary/aromatic N) is 2. The molecule has 19 heavy (non-hydrogen) atoms. The van der Waals surface area contributed by atoms with Crippen LogP contribution in [0.15, 0.2) is 36.7 Å². The minimum atomic E-state index is 0.675. The molecule has 2 aromatic rings. The van der Waals surface area contributed by atoms with Gasteiger partial charge in [-0.2, -0.15) is 0 Å². The molecule has 1 N–H and O–H groups in total. The fourth-order valence-corrected chi connectivity index (χ4v) is 1.90. The highest BCUT2D eigenvalue weighted by molar-refractivity contribution is 5.56. The Hall–Kier alpha value is -1.97. The van der Waals surface area contributed by atoms with Crippen molar-refractivity contribution in [3.8, 4) is 5.75 Å². The smallest absolute Gasteiger partial charge is 0.207 e. The summed E-state index contributed by atoms with van der Waals surface area (Å²) in [7, 11) is 0. The molecule has 0 fully saturated rings. The summed E-state index contributed by atoms with van der Waals surface area (Å²) in [6.07, 6.45) is 6.16. The molecule has 0 radical (unpaired) electrons. The number of nitrogens with one attached hydrogen (secondary N) is 1. The molecule has 1 aromatic heterocycles. The minimum Gasteiger partial charge on any atom is -0.494 e. The van der Waals surface area contributed by atoms with E-state index < -0.39 is 0 Å². The highest BCUT2D eigenvalue weighted by Gasteiger charge is 2.03. The first-order valence-corrected chi connectivity index (χ1v) is 6.84. The SMILES string of the molecule is CCCCn1ccnc1Nc1cccc(OCC)c1. The summed E-state index contributed by atoms with van der Waals surface area (Å²) in [5, 5.41) is 3.33. The monoisotopic (exact) mass is 259 g/mol. The predicted molar refractivity (Wildman–Crippen MR) is 78.0 cm³/mol. The molecule has 0 amide bonds. The van der Waals surface area contributed by atoms with Crippen molar-refractivity contribution in [2.45, 2.75) is 33.2 Å². The molecular weight excluding hydrogens is 238 g/mol. The fraction of sp³-hybridized carbons (Fsp3) is 0.400. The van der Waals surface area contributed by atoms with Gasteiger partial charge in [0.2, 0.25) is 5.95 Å². The van der Waals surface area contributed by atoms with Crippen molar-refractivity contribution in [3.63, 3.8) is 0 Å². The van der Waals surface area contributed by atoms with E-state index in [2.05, 4.69) is 21.8 Å². The molecule has 0 unspecified atom stereocenters. The Balaban J connectivity index is 2.08. The minimum absolute atomic E-state index is 0.675. The quantitative estimate of drug-likeness (QED) is 0.821. The lowest BCUT2D eigenvalue weighted by Crippen LogP contribution is -2.03. The predicted octanol–water partition coefficient (Wildman–Crippen LogP) is 3.83. The van der Waals surface area contributed by atoms with Crippen LogP contribution in [-0.4, -0.2) is 16.2 Å². The number of unbranched alkanes of at least 4 members (excludes halogenated alkanes) is 1. The van der Waals surface area contributed by atoms with E-state index >= 15 is 0 Å². The van der Waals surface area contributed by atoms with Gasteiger partial charge < -0.3 is 14.6 Å². The van der Waals surface area contributed by atoms with Crippen LogP contribution in [0, 0.1) is 0 Å². The van der Waals surface area contributed by atoms with Crippen LogP contribution in [-0.2, 0) is 6.54 Å². The van der Waals surface area contributed by atoms with Crippen molar-refractivity contribution in [2.24, 2.45) is 0 Å². The van der Waals surface area contributed by atoms with Gasteiger partial charge in [-0.3, -0.25) is 0 Å². The maximum Gasteiger partial charge on any atom is 0.207 e.